The van der Waals surface area contributed by atoms with Gasteiger partial charge in [-0.3, -0.25) is 4.90 Å². The Balaban J connectivity index is 2.72. The molecule has 0 radical (unpaired) electrons. The number of ether oxygens (including phenoxy) is 1. The highest BCUT2D eigenvalue weighted by Crippen LogP contribution is 2.29. The minimum atomic E-state index is 0.317. The van der Waals surface area contributed by atoms with Crippen LogP contribution in [0.25, 0.3) is 0 Å². The third-order valence-electron chi connectivity index (χ3n) is 4.49. The van der Waals surface area contributed by atoms with E-state index in [1.54, 1.807) is 7.11 Å². The van der Waals surface area contributed by atoms with E-state index in [1.165, 1.54) is 13.0 Å². The predicted octanol–water partition coefficient (Wildman–Crippen LogP) is 3.15. The van der Waals surface area contributed by atoms with Crippen molar-refractivity contribution in [2.45, 2.75) is 72.5 Å². The molecule has 1 aliphatic rings. The summed E-state index contributed by atoms with van der Waals surface area (Å²) in [6.45, 7) is 17.2. The SMILES string of the molecule is COCCC(C)N1CC(CC(C)C)NCC1C(C)(C)C. The van der Waals surface area contributed by atoms with Crippen molar-refractivity contribution in [3.05, 3.63) is 0 Å². The van der Waals surface area contributed by atoms with Gasteiger partial charge in [0.05, 0.1) is 0 Å². The van der Waals surface area contributed by atoms with Crippen LogP contribution in [0.1, 0.15) is 54.4 Å². The Bertz CT molecular complexity index is 273. The molecule has 1 rings (SSSR count). The second-order valence-electron chi connectivity index (χ2n) is 7.94. The smallest absolute Gasteiger partial charge is 0.0477 e. The van der Waals surface area contributed by atoms with Crippen LogP contribution in [0.5, 0.6) is 0 Å². The number of rotatable bonds is 6. The molecule has 0 aliphatic carbocycles. The van der Waals surface area contributed by atoms with E-state index in [4.69, 9.17) is 4.74 Å². The molecule has 120 valence electrons. The maximum Gasteiger partial charge on any atom is 0.0477 e. The third-order valence-corrected chi connectivity index (χ3v) is 4.49. The summed E-state index contributed by atoms with van der Waals surface area (Å²) in [7, 11) is 1.80. The average Bonchev–Trinajstić information content (AvgIpc) is 2.33. The molecular formula is C17H36N2O. The fourth-order valence-electron chi connectivity index (χ4n) is 3.31. The van der Waals surface area contributed by atoms with Gasteiger partial charge < -0.3 is 10.1 Å². The van der Waals surface area contributed by atoms with Gasteiger partial charge in [0.15, 0.2) is 0 Å². The van der Waals surface area contributed by atoms with Crippen molar-refractivity contribution in [1.29, 1.82) is 0 Å². The van der Waals surface area contributed by atoms with Crippen LogP contribution in [-0.4, -0.2) is 49.8 Å². The maximum absolute atomic E-state index is 5.27. The molecule has 3 heteroatoms. The fourth-order valence-corrected chi connectivity index (χ4v) is 3.31. The first-order valence-electron chi connectivity index (χ1n) is 8.23. The van der Waals surface area contributed by atoms with Crippen molar-refractivity contribution in [1.82, 2.24) is 10.2 Å². The number of methoxy groups -OCH3 is 1. The summed E-state index contributed by atoms with van der Waals surface area (Å²) in [5.41, 5.74) is 0.317. The minimum Gasteiger partial charge on any atom is -0.385 e. The first kappa shape index (κ1) is 17.9. The van der Waals surface area contributed by atoms with Crippen molar-refractivity contribution in [2.24, 2.45) is 11.3 Å². The molecule has 1 heterocycles. The first-order chi connectivity index (χ1) is 9.25. The number of nitrogens with zero attached hydrogens (tertiary/aromatic N) is 1. The Morgan fingerprint density at radius 2 is 1.90 bits per heavy atom. The molecule has 1 saturated heterocycles. The quantitative estimate of drug-likeness (QED) is 0.811. The Kier molecular flexibility index (Phi) is 6.96. The highest BCUT2D eigenvalue weighted by molar-refractivity contribution is 4.94. The second-order valence-corrected chi connectivity index (χ2v) is 7.94. The molecule has 1 aliphatic heterocycles. The van der Waals surface area contributed by atoms with E-state index in [2.05, 4.69) is 51.8 Å². The largest absolute Gasteiger partial charge is 0.385 e. The molecule has 1 N–H and O–H groups in total. The molecule has 0 aromatic heterocycles. The number of piperazine rings is 1. The van der Waals surface area contributed by atoms with Gasteiger partial charge in [-0.2, -0.15) is 0 Å². The van der Waals surface area contributed by atoms with E-state index in [0.29, 0.717) is 23.5 Å². The molecule has 0 saturated carbocycles. The van der Waals surface area contributed by atoms with Crippen LogP contribution in [0, 0.1) is 11.3 Å². The van der Waals surface area contributed by atoms with E-state index in [-0.39, 0.29) is 0 Å². The average molecular weight is 284 g/mol. The van der Waals surface area contributed by atoms with Crippen LogP contribution >= 0.6 is 0 Å². The Morgan fingerprint density at radius 1 is 1.25 bits per heavy atom. The van der Waals surface area contributed by atoms with Gasteiger partial charge in [-0.1, -0.05) is 34.6 Å². The summed E-state index contributed by atoms with van der Waals surface area (Å²) < 4.78 is 5.27. The van der Waals surface area contributed by atoms with Crippen LogP contribution in [0.2, 0.25) is 0 Å². The van der Waals surface area contributed by atoms with Crippen LogP contribution in [0.3, 0.4) is 0 Å². The topological polar surface area (TPSA) is 24.5 Å². The Labute approximate surface area is 126 Å². The maximum atomic E-state index is 5.27. The van der Waals surface area contributed by atoms with Gasteiger partial charge in [-0.05, 0) is 31.1 Å². The molecule has 0 aromatic carbocycles. The van der Waals surface area contributed by atoms with E-state index in [0.717, 1.165) is 25.5 Å². The van der Waals surface area contributed by atoms with Crippen LogP contribution < -0.4 is 5.32 Å². The Hall–Kier alpha value is -0.120. The summed E-state index contributed by atoms with van der Waals surface area (Å²) in [4.78, 5) is 2.72. The number of hydrogen-bond acceptors (Lipinski definition) is 3. The lowest BCUT2D eigenvalue weighted by Gasteiger charge is -2.49. The van der Waals surface area contributed by atoms with Crippen LogP contribution in [0.15, 0.2) is 0 Å². The van der Waals surface area contributed by atoms with Crippen molar-refractivity contribution < 1.29 is 4.74 Å². The summed E-state index contributed by atoms with van der Waals surface area (Å²) in [6.07, 6.45) is 2.39. The standard InChI is InChI=1S/C17H36N2O/c1-13(2)10-15-12-19(14(3)8-9-20-7)16(11-18-15)17(4,5)6/h13-16,18H,8-12H2,1-7H3. The van der Waals surface area contributed by atoms with Gasteiger partial charge in [-0.15, -0.1) is 0 Å². The molecule has 0 aromatic rings. The molecule has 0 spiro atoms. The molecule has 0 bridgehead atoms. The predicted molar refractivity (Wildman–Crippen MR) is 87.1 cm³/mol. The minimum absolute atomic E-state index is 0.317. The molecule has 20 heavy (non-hydrogen) atoms. The summed E-state index contributed by atoms with van der Waals surface area (Å²) in [5, 5.41) is 3.78. The zero-order chi connectivity index (χ0) is 15.3. The van der Waals surface area contributed by atoms with Gasteiger partial charge in [0.1, 0.15) is 0 Å². The fraction of sp³-hybridized carbons (Fsp3) is 1.00. The zero-order valence-electron chi connectivity index (χ0n) is 14.7. The summed E-state index contributed by atoms with van der Waals surface area (Å²) >= 11 is 0. The molecule has 3 unspecified atom stereocenters. The van der Waals surface area contributed by atoms with E-state index < -0.39 is 0 Å². The van der Waals surface area contributed by atoms with Gasteiger partial charge >= 0.3 is 0 Å². The number of hydrogen-bond donors (Lipinski definition) is 1. The zero-order valence-corrected chi connectivity index (χ0v) is 14.7. The molecule has 3 atom stereocenters. The van der Waals surface area contributed by atoms with E-state index in [1.807, 2.05) is 0 Å². The molecule has 1 fully saturated rings. The van der Waals surface area contributed by atoms with Gasteiger partial charge in [0.2, 0.25) is 0 Å². The lowest BCUT2D eigenvalue weighted by atomic mass is 9.82. The highest BCUT2D eigenvalue weighted by atomic mass is 16.5. The van der Waals surface area contributed by atoms with Crippen molar-refractivity contribution in [3.63, 3.8) is 0 Å². The van der Waals surface area contributed by atoms with Crippen molar-refractivity contribution in [2.75, 3.05) is 26.8 Å². The normalized spacial score (nSPS) is 27.0. The first-order valence-corrected chi connectivity index (χ1v) is 8.23. The van der Waals surface area contributed by atoms with Crippen molar-refractivity contribution in [3.8, 4) is 0 Å². The van der Waals surface area contributed by atoms with Gasteiger partial charge in [0, 0.05) is 44.9 Å². The van der Waals surface area contributed by atoms with Crippen LogP contribution in [0.4, 0.5) is 0 Å². The lowest BCUT2D eigenvalue weighted by Crippen LogP contribution is -2.63. The summed E-state index contributed by atoms with van der Waals surface area (Å²) in [5.74, 6) is 0.759. The monoisotopic (exact) mass is 284 g/mol. The van der Waals surface area contributed by atoms with E-state index in [9.17, 15) is 0 Å². The van der Waals surface area contributed by atoms with Crippen molar-refractivity contribution >= 4 is 0 Å². The lowest BCUT2D eigenvalue weighted by molar-refractivity contribution is 0.0124. The molecule has 0 amide bonds. The Morgan fingerprint density at radius 3 is 2.40 bits per heavy atom. The highest BCUT2D eigenvalue weighted by Gasteiger charge is 2.37. The van der Waals surface area contributed by atoms with E-state index >= 15 is 0 Å². The molecular weight excluding hydrogens is 248 g/mol. The van der Waals surface area contributed by atoms with Gasteiger partial charge in [0.25, 0.3) is 0 Å². The number of nitrogens with one attached hydrogen (secondary N) is 1. The van der Waals surface area contributed by atoms with Crippen LogP contribution in [-0.2, 0) is 4.74 Å². The summed E-state index contributed by atoms with van der Waals surface area (Å²) in [6, 6.07) is 1.84. The van der Waals surface area contributed by atoms with Gasteiger partial charge in [-0.25, -0.2) is 0 Å². The molecule has 3 nitrogen and oxygen atoms in total. The second kappa shape index (κ2) is 7.77. The third kappa shape index (κ3) is 5.34.